The Morgan fingerprint density at radius 3 is 2.87 bits per heavy atom. The van der Waals surface area contributed by atoms with Crippen molar-refractivity contribution >= 4 is 44.5 Å². The van der Waals surface area contributed by atoms with Crippen LogP contribution in [0.4, 0.5) is 0 Å². The molecule has 0 aliphatic heterocycles. The van der Waals surface area contributed by atoms with Crippen molar-refractivity contribution in [1.82, 2.24) is 0 Å². The van der Waals surface area contributed by atoms with Gasteiger partial charge in [0.05, 0.1) is 6.61 Å². The Bertz CT molecular complexity index is 352. The minimum atomic E-state index is -0.136. The summed E-state index contributed by atoms with van der Waals surface area (Å²) < 4.78 is 7.11. The van der Waals surface area contributed by atoms with E-state index in [1.54, 1.807) is 0 Å². The molecule has 0 heterocycles. The Morgan fingerprint density at radius 1 is 1.53 bits per heavy atom. The maximum absolute atomic E-state index is 11.2. The summed E-state index contributed by atoms with van der Waals surface area (Å²) in [6.07, 6.45) is 1.16. The summed E-state index contributed by atoms with van der Waals surface area (Å²) in [5.41, 5.74) is 1.14. The maximum Gasteiger partial charge on any atom is 0.306 e. The number of hydrogen-bond acceptors (Lipinski definition) is 2. The van der Waals surface area contributed by atoms with Crippen LogP contribution in [0, 0.1) is 3.57 Å². The van der Waals surface area contributed by atoms with Crippen LogP contribution in [-0.2, 0) is 16.0 Å². The zero-order chi connectivity index (χ0) is 11.3. The van der Waals surface area contributed by atoms with Gasteiger partial charge >= 0.3 is 5.97 Å². The van der Waals surface area contributed by atoms with Crippen molar-refractivity contribution < 1.29 is 9.53 Å². The number of ether oxygens (including phenoxy) is 1. The van der Waals surface area contributed by atoms with E-state index in [0.29, 0.717) is 13.0 Å². The molecule has 4 heteroatoms. The molecule has 0 N–H and O–H groups in total. The van der Waals surface area contributed by atoms with Crippen molar-refractivity contribution in [2.24, 2.45) is 0 Å². The number of benzene rings is 1. The van der Waals surface area contributed by atoms with Crippen LogP contribution in [0.2, 0.25) is 0 Å². The largest absolute Gasteiger partial charge is 0.466 e. The second-order valence-corrected chi connectivity index (χ2v) is 5.14. The highest BCUT2D eigenvalue weighted by Gasteiger charge is 2.05. The molecule has 0 amide bonds. The number of hydrogen-bond donors (Lipinski definition) is 0. The summed E-state index contributed by atoms with van der Waals surface area (Å²) in [6, 6.07) is 6.11. The molecule has 0 aliphatic rings. The van der Waals surface area contributed by atoms with Gasteiger partial charge in [-0.1, -0.05) is 22.0 Å². The first-order chi connectivity index (χ1) is 7.13. The SMILES string of the molecule is CCOC(=O)CCc1ccc(I)cc1Br. The lowest BCUT2D eigenvalue weighted by Crippen LogP contribution is -2.05. The van der Waals surface area contributed by atoms with E-state index in [4.69, 9.17) is 4.74 Å². The predicted octanol–water partition coefficient (Wildman–Crippen LogP) is 3.55. The average molecular weight is 383 g/mol. The minimum Gasteiger partial charge on any atom is -0.466 e. The number of esters is 1. The molecule has 1 aromatic carbocycles. The van der Waals surface area contributed by atoms with E-state index in [1.807, 2.05) is 25.1 Å². The first-order valence-corrected chi connectivity index (χ1v) is 6.60. The summed E-state index contributed by atoms with van der Waals surface area (Å²) in [7, 11) is 0. The summed E-state index contributed by atoms with van der Waals surface area (Å²) in [4.78, 5) is 11.2. The molecular weight excluding hydrogens is 371 g/mol. The van der Waals surface area contributed by atoms with Crippen LogP contribution in [-0.4, -0.2) is 12.6 Å². The third kappa shape index (κ3) is 4.51. The Kier molecular flexibility index (Phi) is 5.60. The van der Waals surface area contributed by atoms with Crippen LogP contribution >= 0.6 is 38.5 Å². The van der Waals surface area contributed by atoms with E-state index in [2.05, 4.69) is 38.5 Å². The Labute approximate surface area is 112 Å². The molecule has 0 atom stereocenters. The number of aryl methyl sites for hydroxylation is 1. The van der Waals surface area contributed by atoms with E-state index in [9.17, 15) is 4.79 Å². The van der Waals surface area contributed by atoms with Gasteiger partial charge in [-0.15, -0.1) is 0 Å². The van der Waals surface area contributed by atoms with Crippen molar-refractivity contribution in [2.45, 2.75) is 19.8 Å². The van der Waals surface area contributed by atoms with Crippen LogP contribution in [0.15, 0.2) is 22.7 Å². The quantitative estimate of drug-likeness (QED) is 0.588. The smallest absolute Gasteiger partial charge is 0.306 e. The molecule has 2 nitrogen and oxygen atoms in total. The number of carbonyl (C=O) groups excluding carboxylic acids is 1. The van der Waals surface area contributed by atoms with Gasteiger partial charge in [0.1, 0.15) is 0 Å². The minimum absolute atomic E-state index is 0.136. The van der Waals surface area contributed by atoms with Crippen molar-refractivity contribution in [3.05, 3.63) is 31.8 Å². The Morgan fingerprint density at radius 2 is 2.27 bits per heavy atom. The van der Waals surface area contributed by atoms with E-state index in [1.165, 1.54) is 3.57 Å². The molecule has 0 fully saturated rings. The normalized spacial score (nSPS) is 10.1. The van der Waals surface area contributed by atoms with Gasteiger partial charge in [-0.05, 0) is 53.6 Å². The second kappa shape index (κ2) is 6.48. The molecule has 82 valence electrons. The molecule has 0 unspecified atom stereocenters. The molecule has 0 spiro atoms. The van der Waals surface area contributed by atoms with Crippen molar-refractivity contribution in [3.8, 4) is 0 Å². The van der Waals surface area contributed by atoms with Gasteiger partial charge in [0.15, 0.2) is 0 Å². The van der Waals surface area contributed by atoms with Gasteiger partial charge in [-0.3, -0.25) is 4.79 Å². The summed E-state index contributed by atoms with van der Waals surface area (Å²) in [5, 5.41) is 0. The number of halogens is 2. The molecule has 0 saturated carbocycles. The molecule has 0 aromatic heterocycles. The number of carbonyl (C=O) groups is 1. The number of rotatable bonds is 4. The lowest BCUT2D eigenvalue weighted by atomic mass is 10.1. The molecular formula is C11H12BrIO2. The highest BCUT2D eigenvalue weighted by Crippen LogP contribution is 2.21. The molecule has 0 saturated heterocycles. The molecule has 0 aliphatic carbocycles. The first-order valence-electron chi connectivity index (χ1n) is 4.73. The van der Waals surface area contributed by atoms with Crippen LogP contribution in [0.3, 0.4) is 0 Å². The zero-order valence-corrected chi connectivity index (χ0v) is 12.2. The zero-order valence-electron chi connectivity index (χ0n) is 8.43. The van der Waals surface area contributed by atoms with Gasteiger partial charge in [0.2, 0.25) is 0 Å². The van der Waals surface area contributed by atoms with Gasteiger partial charge in [0.25, 0.3) is 0 Å². The van der Waals surface area contributed by atoms with Gasteiger partial charge < -0.3 is 4.74 Å². The van der Waals surface area contributed by atoms with Crippen LogP contribution in [0.25, 0.3) is 0 Å². The fraction of sp³-hybridized carbons (Fsp3) is 0.364. The second-order valence-electron chi connectivity index (χ2n) is 3.04. The lowest BCUT2D eigenvalue weighted by Gasteiger charge is -2.04. The first kappa shape index (κ1) is 13.0. The molecule has 1 aromatic rings. The maximum atomic E-state index is 11.2. The van der Waals surface area contributed by atoms with Crippen LogP contribution in [0.1, 0.15) is 18.9 Å². The van der Waals surface area contributed by atoms with E-state index in [-0.39, 0.29) is 5.97 Å². The van der Waals surface area contributed by atoms with E-state index >= 15 is 0 Å². The third-order valence-corrected chi connectivity index (χ3v) is 3.33. The van der Waals surface area contributed by atoms with Gasteiger partial charge in [-0.25, -0.2) is 0 Å². The molecule has 0 radical (unpaired) electrons. The Hall–Kier alpha value is -0.100. The monoisotopic (exact) mass is 382 g/mol. The fourth-order valence-electron chi connectivity index (χ4n) is 1.19. The van der Waals surface area contributed by atoms with E-state index < -0.39 is 0 Å². The summed E-state index contributed by atoms with van der Waals surface area (Å²) >= 11 is 5.73. The van der Waals surface area contributed by atoms with Crippen LogP contribution in [0.5, 0.6) is 0 Å². The lowest BCUT2D eigenvalue weighted by molar-refractivity contribution is -0.143. The highest BCUT2D eigenvalue weighted by molar-refractivity contribution is 14.1. The summed E-state index contributed by atoms with van der Waals surface area (Å²) in [5.74, 6) is -0.136. The summed E-state index contributed by atoms with van der Waals surface area (Å²) in [6.45, 7) is 2.27. The third-order valence-electron chi connectivity index (χ3n) is 1.92. The average Bonchev–Trinajstić information content (AvgIpc) is 2.17. The van der Waals surface area contributed by atoms with Gasteiger partial charge in [-0.2, -0.15) is 0 Å². The van der Waals surface area contributed by atoms with Crippen molar-refractivity contribution in [1.29, 1.82) is 0 Å². The van der Waals surface area contributed by atoms with Crippen molar-refractivity contribution in [3.63, 3.8) is 0 Å². The fourth-order valence-corrected chi connectivity index (χ4v) is 2.69. The van der Waals surface area contributed by atoms with E-state index in [0.717, 1.165) is 16.5 Å². The predicted molar refractivity (Wildman–Crippen MR) is 71.8 cm³/mol. The molecule has 15 heavy (non-hydrogen) atoms. The van der Waals surface area contributed by atoms with Gasteiger partial charge in [0, 0.05) is 14.5 Å². The highest BCUT2D eigenvalue weighted by atomic mass is 127. The molecule has 1 rings (SSSR count). The molecule has 0 bridgehead atoms. The Balaban J connectivity index is 2.54. The van der Waals surface area contributed by atoms with Crippen molar-refractivity contribution in [2.75, 3.05) is 6.61 Å². The standard InChI is InChI=1S/C11H12BrIO2/c1-2-15-11(14)6-4-8-3-5-9(13)7-10(8)12/h3,5,7H,2,4,6H2,1H3. The topological polar surface area (TPSA) is 26.3 Å². The van der Waals surface area contributed by atoms with Crippen LogP contribution < -0.4 is 0 Å².